The Labute approximate surface area is 204 Å². The van der Waals surface area contributed by atoms with Gasteiger partial charge in [-0.3, -0.25) is 14.9 Å². The minimum absolute atomic E-state index is 0.0848. The van der Waals surface area contributed by atoms with Gasteiger partial charge in [0.25, 0.3) is 11.6 Å². The number of non-ortho nitro benzene ring substituents is 1. The number of benzene rings is 3. The van der Waals surface area contributed by atoms with E-state index >= 15 is 0 Å². The van der Waals surface area contributed by atoms with Crippen LogP contribution in [0.1, 0.15) is 5.56 Å². The zero-order valence-corrected chi connectivity index (χ0v) is 19.3. The van der Waals surface area contributed by atoms with E-state index in [1.165, 1.54) is 36.4 Å². The Kier molecular flexibility index (Phi) is 7.53. The van der Waals surface area contributed by atoms with Crippen LogP contribution in [0.15, 0.2) is 77.2 Å². The lowest BCUT2D eigenvalue weighted by atomic mass is 10.1. The third-order valence-corrected chi connectivity index (χ3v) is 6.35. The van der Waals surface area contributed by atoms with Gasteiger partial charge in [-0.15, -0.1) is 0 Å². The average Bonchev–Trinajstić information content (AvgIpc) is 2.81. The van der Waals surface area contributed by atoms with Crippen LogP contribution in [0.25, 0.3) is 6.08 Å². The number of nitriles is 1. The minimum Gasteiger partial charge on any atom is -0.378 e. The molecule has 0 aliphatic rings. The van der Waals surface area contributed by atoms with E-state index in [0.29, 0.717) is 0 Å². The molecule has 172 valence electrons. The van der Waals surface area contributed by atoms with Crippen molar-refractivity contribution in [1.29, 1.82) is 5.26 Å². The fourth-order valence-corrected chi connectivity index (χ4v) is 4.03. The van der Waals surface area contributed by atoms with E-state index in [-0.39, 0.29) is 32.6 Å². The topological polar surface area (TPSA) is 139 Å². The summed E-state index contributed by atoms with van der Waals surface area (Å²) in [6.45, 7) is 0. The molecule has 0 unspecified atom stereocenters. The SMILES string of the molecule is N#C/C(=C\c1ccccc1OS(=O)(=O)c1cccc([N+](=O)[O-])c1)C(=O)Nc1cccc(Cl)c1Cl. The zero-order chi connectivity index (χ0) is 24.9. The summed E-state index contributed by atoms with van der Waals surface area (Å²) in [5.41, 5.74) is -0.528. The number of amides is 1. The number of nitro groups is 1. The highest BCUT2D eigenvalue weighted by atomic mass is 35.5. The minimum atomic E-state index is -4.46. The normalized spacial score (nSPS) is 11.4. The van der Waals surface area contributed by atoms with E-state index in [2.05, 4.69) is 5.32 Å². The summed E-state index contributed by atoms with van der Waals surface area (Å²) in [5.74, 6) is -1.02. The van der Waals surface area contributed by atoms with Crippen LogP contribution in [0.5, 0.6) is 5.75 Å². The van der Waals surface area contributed by atoms with E-state index < -0.39 is 31.5 Å². The number of nitrogens with zero attached hydrogens (tertiary/aromatic N) is 2. The molecule has 9 nitrogen and oxygen atoms in total. The summed E-state index contributed by atoms with van der Waals surface area (Å²) in [7, 11) is -4.46. The van der Waals surface area contributed by atoms with Gasteiger partial charge in [-0.05, 0) is 30.3 Å². The molecule has 0 radical (unpaired) electrons. The lowest BCUT2D eigenvalue weighted by molar-refractivity contribution is -0.385. The highest BCUT2D eigenvalue weighted by molar-refractivity contribution is 7.87. The summed E-state index contributed by atoms with van der Waals surface area (Å²) in [6, 6.07) is 16.4. The van der Waals surface area contributed by atoms with Crippen LogP contribution in [0.4, 0.5) is 11.4 Å². The van der Waals surface area contributed by atoms with Crippen molar-refractivity contribution in [1.82, 2.24) is 0 Å². The number of rotatable bonds is 7. The molecule has 3 aromatic carbocycles. The van der Waals surface area contributed by atoms with Crippen LogP contribution in [0.3, 0.4) is 0 Å². The summed E-state index contributed by atoms with van der Waals surface area (Å²) in [4.78, 5) is 22.4. The third-order valence-electron chi connectivity index (χ3n) is 4.30. The van der Waals surface area contributed by atoms with Gasteiger partial charge in [0.2, 0.25) is 0 Å². The summed E-state index contributed by atoms with van der Waals surface area (Å²) < 4.78 is 30.5. The number of anilines is 1. The van der Waals surface area contributed by atoms with Gasteiger partial charge in [-0.2, -0.15) is 13.7 Å². The van der Waals surface area contributed by atoms with Crippen molar-refractivity contribution in [2.24, 2.45) is 0 Å². The fourth-order valence-electron chi connectivity index (χ4n) is 2.69. The largest absolute Gasteiger partial charge is 0.378 e. The first kappa shape index (κ1) is 24.7. The number of nitrogens with one attached hydrogen (secondary N) is 1. The second kappa shape index (κ2) is 10.4. The van der Waals surface area contributed by atoms with Crippen molar-refractivity contribution in [3.63, 3.8) is 0 Å². The molecule has 0 spiro atoms. The molecular weight excluding hydrogens is 505 g/mol. The molecule has 0 aliphatic carbocycles. The Bertz CT molecular complexity index is 1470. The fraction of sp³-hybridized carbons (Fsp3) is 0. The van der Waals surface area contributed by atoms with E-state index in [0.717, 1.165) is 24.3 Å². The standard InChI is InChI=1S/C22H13Cl2N3O6S/c23-18-8-4-9-19(21(18)24)26-22(28)15(13-25)11-14-5-1-2-10-20(14)33-34(31,32)17-7-3-6-16(12-17)27(29)30/h1-12H,(H,26,28)/b15-11+. The van der Waals surface area contributed by atoms with E-state index in [9.17, 15) is 28.6 Å². The lowest BCUT2D eigenvalue weighted by Gasteiger charge is -2.10. The van der Waals surface area contributed by atoms with Crippen LogP contribution in [0, 0.1) is 21.4 Å². The van der Waals surface area contributed by atoms with Crippen molar-refractivity contribution < 1.29 is 22.3 Å². The molecule has 0 atom stereocenters. The molecule has 1 amide bonds. The predicted molar refractivity (Wildman–Crippen MR) is 126 cm³/mol. The molecule has 0 heterocycles. The van der Waals surface area contributed by atoms with Crippen LogP contribution < -0.4 is 9.50 Å². The molecule has 3 rings (SSSR count). The number of hydrogen-bond donors (Lipinski definition) is 1. The maximum absolute atomic E-state index is 12.7. The van der Waals surface area contributed by atoms with E-state index in [4.69, 9.17) is 27.4 Å². The molecule has 0 fully saturated rings. The number of hydrogen-bond acceptors (Lipinski definition) is 7. The van der Waals surface area contributed by atoms with Gasteiger partial charge < -0.3 is 9.50 Å². The van der Waals surface area contributed by atoms with Crippen LogP contribution in [-0.2, 0) is 14.9 Å². The van der Waals surface area contributed by atoms with Crippen molar-refractivity contribution in [2.75, 3.05) is 5.32 Å². The van der Waals surface area contributed by atoms with Crippen LogP contribution in [0.2, 0.25) is 10.0 Å². The van der Waals surface area contributed by atoms with Gasteiger partial charge in [0.15, 0.2) is 0 Å². The van der Waals surface area contributed by atoms with Gasteiger partial charge >= 0.3 is 10.1 Å². The molecule has 34 heavy (non-hydrogen) atoms. The number of nitro benzene ring substituents is 1. The highest BCUT2D eigenvalue weighted by Crippen LogP contribution is 2.30. The van der Waals surface area contributed by atoms with Crippen LogP contribution >= 0.6 is 23.2 Å². The van der Waals surface area contributed by atoms with Crippen molar-refractivity contribution in [3.8, 4) is 11.8 Å². The van der Waals surface area contributed by atoms with Gasteiger partial charge in [-0.1, -0.05) is 53.5 Å². The molecular formula is C22H13Cl2N3O6S. The number of para-hydroxylation sites is 1. The maximum Gasteiger partial charge on any atom is 0.339 e. The van der Waals surface area contributed by atoms with Crippen molar-refractivity contribution in [2.45, 2.75) is 4.90 Å². The molecule has 0 aliphatic heterocycles. The molecule has 0 saturated carbocycles. The maximum atomic E-state index is 12.7. The lowest BCUT2D eigenvalue weighted by Crippen LogP contribution is -2.14. The average molecular weight is 518 g/mol. The molecule has 0 aromatic heterocycles. The summed E-state index contributed by atoms with van der Waals surface area (Å²) >= 11 is 12.0. The van der Waals surface area contributed by atoms with Crippen LogP contribution in [-0.4, -0.2) is 19.2 Å². The number of carbonyl (C=O) groups excluding carboxylic acids is 1. The molecule has 12 heteroatoms. The Hall–Kier alpha value is -3.91. The summed E-state index contributed by atoms with van der Waals surface area (Å²) in [5, 5.41) is 23.2. The first-order valence-corrected chi connectivity index (χ1v) is 11.4. The number of carbonyl (C=O) groups is 1. The van der Waals surface area contributed by atoms with Crippen molar-refractivity contribution >= 4 is 56.7 Å². The Morgan fingerprint density at radius 2 is 1.79 bits per heavy atom. The molecule has 0 saturated heterocycles. The first-order valence-electron chi connectivity index (χ1n) is 9.27. The second-order valence-corrected chi connectivity index (χ2v) is 8.89. The number of halogens is 2. The monoisotopic (exact) mass is 517 g/mol. The zero-order valence-electron chi connectivity index (χ0n) is 16.9. The Morgan fingerprint density at radius 1 is 1.09 bits per heavy atom. The Morgan fingerprint density at radius 3 is 2.50 bits per heavy atom. The molecule has 0 bridgehead atoms. The van der Waals surface area contributed by atoms with Gasteiger partial charge in [-0.25, -0.2) is 0 Å². The van der Waals surface area contributed by atoms with E-state index in [1.807, 2.05) is 0 Å². The van der Waals surface area contributed by atoms with Gasteiger partial charge in [0, 0.05) is 17.7 Å². The van der Waals surface area contributed by atoms with Gasteiger partial charge in [0.1, 0.15) is 22.3 Å². The molecule has 1 N–H and O–H groups in total. The van der Waals surface area contributed by atoms with E-state index in [1.54, 1.807) is 18.2 Å². The van der Waals surface area contributed by atoms with Crippen molar-refractivity contribution in [3.05, 3.63) is 98.0 Å². The highest BCUT2D eigenvalue weighted by Gasteiger charge is 2.21. The molecule has 3 aromatic rings. The second-order valence-electron chi connectivity index (χ2n) is 6.56. The summed E-state index contributed by atoms with van der Waals surface area (Å²) in [6.07, 6.45) is 1.13. The predicted octanol–water partition coefficient (Wildman–Crippen LogP) is 5.21. The van der Waals surface area contributed by atoms with Gasteiger partial charge in [0.05, 0.1) is 20.7 Å². The quantitative estimate of drug-likeness (QED) is 0.149. The smallest absolute Gasteiger partial charge is 0.339 e. The first-order chi connectivity index (χ1) is 16.1. The third kappa shape index (κ3) is 5.71. The Balaban J connectivity index is 1.92.